The summed E-state index contributed by atoms with van der Waals surface area (Å²) in [6, 6.07) is 10.8. The van der Waals surface area contributed by atoms with E-state index < -0.39 is 0 Å². The van der Waals surface area contributed by atoms with Crippen LogP contribution in [0.4, 0.5) is 5.82 Å². The minimum absolute atomic E-state index is 0.372. The Hall–Kier alpha value is -1.42. The van der Waals surface area contributed by atoms with E-state index in [4.69, 9.17) is 0 Å². The maximum Gasteiger partial charge on any atom is 0.146 e. The average molecular weight is 306 g/mol. The summed E-state index contributed by atoms with van der Waals surface area (Å²) >= 11 is 3.51. The average Bonchev–Trinajstić information content (AvgIpc) is 2.38. The molecule has 0 N–H and O–H groups in total. The summed E-state index contributed by atoms with van der Waals surface area (Å²) in [4.78, 5) is 10.6. The standard InChI is InChI=1S/C14H16BrN3/c1-11(2)18(9-12-6-4-3-5-7-12)14-13(15)8-16-10-17-14/h3-8,10-11H,9H2,1-2H3. The second-order valence-corrected chi connectivity index (χ2v) is 5.26. The molecule has 0 amide bonds. The third-order valence-corrected chi connectivity index (χ3v) is 3.30. The molecule has 1 aromatic heterocycles. The Bertz CT molecular complexity index is 499. The summed E-state index contributed by atoms with van der Waals surface area (Å²) in [5, 5.41) is 0. The molecule has 0 fully saturated rings. The van der Waals surface area contributed by atoms with Crippen LogP contribution in [0.15, 0.2) is 47.3 Å². The molecule has 0 aliphatic carbocycles. The van der Waals surface area contributed by atoms with Crippen LogP contribution < -0.4 is 4.90 Å². The fourth-order valence-corrected chi connectivity index (χ4v) is 2.25. The number of nitrogens with zero attached hydrogens (tertiary/aromatic N) is 3. The first-order chi connectivity index (χ1) is 8.68. The van der Waals surface area contributed by atoms with Crippen molar-refractivity contribution in [3.63, 3.8) is 0 Å². The van der Waals surface area contributed by atoms with Crippen molar-refractivity contribution in [3.05, 3.63) is 52.9 Å². The maximum absolute atomic E-state index is 4.36. The minimum Gasteiger partial charge on any atom is -0.349 e. The van der Waals surface area contributed by atoms with Crippen molar-refractivity contribution in [2.75, 3.05) is 4.90 Å². The monoisotopic (exact) mass is 305 g/mol. The van der Waals surface area contributed by atoms with Crippen molar-refractivity contribution in [2.45, 2.75) is 26.4 Å². The quantitative estimate of drug-likeness (QED) is 0.863. The lowest BCUT2D eigenvalue weighted by molar-refractivity contribution is 0.669. The number of benzene rings is 1. The molecule has 0 bridgehead atoms. The molecule has 0 spiro atoms. The number of aromatic nitrogens is 2. The molecular weight excluding hydrogens is 290 g/mol. The van der Waals surface area contributed by atoms with E-state index in [-0.39, 0.29) is 0 Å². The van der Waals surface area contributed by atoms with Crippen LogP contribution in [-0.2, 0) is 6.54 Å². The van der Waals surface area contributed by atoms with Gasteiger partial charge in [-0.2, -0.15) is 0 Å². The molecule has 3 nitrogen and oxygen atoms in total. The van der Waals surface area contributed by atoms with Gasteiger partial charge in [0.25, 0.3) is 0 Å². The van der Waals surface area contributed by atoms with Gasteiger partial charge >= 0.3 is 0 Å². The summed E-state index contributed by atoms with van der Waals surface area (Å²) in [6.07, 6.45) is 3.36. The Kier molecular flexibility index (Phi) is 4.31. The van der Waals surface area contributed by atoms with Crippen molar-refractivity contribution < 1.29 is 0 Å². The lowest BCUT2D eigenvalue weighted by Gasteiger charge is -2.28. The van der Waals surface area contributed by atoms with Gasteiger partial charge in [0.1, 0.15) is 12.1 Å². The third-order valence-electron chi connectivity index (χ3n) is 2.74. The van der Waals surface area contributed by atoms with E-state index in [1.807, 2.05) is 6.07 Å². The number of halogens is 1. The van der Waals surface area contributed by atoms with E-state index in [0.29, 0.717) is 6.04 Å². The molecule has 0 radical (unpaired) electrons. The number of hydrogen-bond acceptors (Lipinski definition) is 3. The molecule has 0 saturated heterocycles. The molecular formula is C14H16BrN3. The van der Waals surface area contributed by atoms with Crippen molar-refractivity contribution in [1.82, 2.24) is 9.97 Å². The molecule has 0 aliphatic rings. The van der Waals surface area contributed by atoms with Gasteiger partial charge in [-0.1, -0.05) is 30.3 Å². The van der Waals surface area contributed by atoms with Crippen LogP contribution in [0.5, 0.6) is 0 Å². The third kappa shape index (κ3) is 3.07. The Morgan fingerprint density at radius 2 is 1.94 bits per heavy atom. The first-order valence-electron chi connectivity index (χ1n) is 5.94. The van der Waals surface area contributed by atoms with E-state index in [9.17, 15) is 0 Å². The first kappa shape index (κ1) is 13.0. The van der Waals surface area contributed by atoms with Gasteiger partial charge in [0.15, 0.2) is 0 Å². The summed E-state index contributed by atoms with van der Waals surface area (Å²) in [5.41, 5.74) is 1.27. The Labute approximate surface area is 116 Å². The van der Waals surface area contributed by atoms with Gasteiger partial charge in [-0.15, -0.1) is 0 Å². The molecule has 18 heavy (non-hydrogen) atoms. The Morgan fingerprint density at radius 1 is 1.22 bits per heavy atom. The van der Waals surface area contributed by atoms with Crippen LogP contribution in [0.3, 0.4) is 0 Å². The van der Waals surface area contributed by atoms with Gasteiger partial charge in [-0.05, 0) is 35.3 Å². The molecule has 1 heterocycles. The Morgan fingerprint density at radius 3 is 2.56 bits per heavy atom. The molecule has 0 aliphatic heterocycles. The number of hydrogen-bond donors (Lipinski definition) is 0. The SMILES string of the molecule is CC(C)N(Cc1ccccc1)c1ncncc1Br. The van der Waals surface area contributed by atoms with Gasteiger partial charge in [0, 0.05) is 18.8 Å². The van der Waals surface area contributed by atoms with E-state index >= 15 is 0 Å². The fourth-order valence-electron chi connectivity index (χ4n) is 1.80. The number of rotatable bonds is 4. The highest BCUT2D eigenvalue weighted by molar-refractivity contribution is 9.10. The lowest BCUT2D eigenvalue weighted by Crippen LogP contribution is -2.31. The van der Waals surface area contributed by atoms with Gasteiger partial charge in [0.05, 0.1) is 4.47 Å². The van der Waals surface area contributed by atoms with Crippen LogP contribution in [0.25, 0.3) is 0 Å². The molecule has 1 aromatic carbocycles. The predicted molar refractivity (Wildman–Crippen MR) is 77.5 cm³/mol. The fraction of sp³-hybridized carbons (Fsp3) is 0.286. The zero-order valence-electron chi connectivity index (χ0n) is 10.5. The molecule has 94 valence electrons. The smallest absolute Gasteiger partial charge is 0.146 e. The van der Waals surface area contributed by atoms with Crippen molar-refractivity contribution in [3.8, 4) is 0 Å². The summed E-state index contributed by atoms with van der Waals surface area (Å²) in [7, 11) is 0. The van der Waals surface area contributed by atoms with E-state index in [0.717, 1.165) is 16.8 Å². The van der Waals surface area contributed by atoms with Gasteiger partial charge in [-0.25, -0.2) is 9.97 Å². The van der Waals surface area contributed by atoms with Crippen molar-refractivity contribution in [2.24, 2.45) is 0 Å². The van der Waals surface area contributed by atoms with Gasteiger partial charge in [-0.3, -0.25) is 0 Å². The van der Waals surface area contributed by atoms with Crippen LogP contribution >= 0.6 is 15.9 Å². The second-order valence-electron chi connectivity index (χ2n) is 4.40. The van der Waals surface area contributed by atoms with Crippen LogP contribution in [-0.4, -0.2) is 16.0 Å². The highest BCUT2D eigenvalue weighted by atomic mass is 79.9. The lowest BCUT2D eigenvalue weighted by atomic mass is 10.2. The highest BCUT2D eigenvalue weighted by Crippen LogP contribution is 2.25. The second kappa shape index (κ2) is 5.96. The molecule has 4 heteroatoms. The maximum atomic E-state index is 4.36. The zero-order valence-corrected chi connectivity index (χ0v) is 12.1. The van der Waals surface area contributed by atoms with Gasteiger partial charge < -0.3 is 4.90 Å². The molecule has 2 rings (SSSR count). The molecule has 2 aromatic rings. The predicted octanol–water partition coefficient (Wildman–Crippen LogP) is 3.65. The van der Waals surface area contributed by atoms with Crippen LogP contribution in [0, 0.1) is 0 Å². The molecule has 0 saturated carbocycles. The van der Waals surface area contributed by atoms with Crippen molar-refractivity contribution in [1.29, 1.82) is 0 Å². The minimum atomic E-state index is 0.372. The Balaban J connectivity index is 2.27. The molecule has 0 atom stereocenters. The van der Waals surface area contributed by atoms with Crippen LogP contribution in [0.2, 0.25) is 0 Å². The summed E-state index contributed by atoms with van der Waals surface area (Å²) < 4.78 is 0.926. The van der Waals surface area contributed by atoms with E-state index in [1.54, 1.807) is 12.5 Å². The van der Waals surface area contributed by atoms with E-state index in [1.165, 1.54) is 5.56 Å². The molecule has 0 unspecified atom stereocenters. The summed E-state index contributed by atoms with van der Waals surface area (Å²) in [6.45, 7) is 5.17. The number of anilines is 1. The van der Waals surface area contributed by atoms with Crippen LogP contribution in [0.1, 0.15) is 19.4 Å². The first-order valence-corrected chi connectivity index (χ1v) is 6.74. The largest absolute Gasteiger partial charge is 0.349 e. The highest BCUT2D eigenvalue weighted by Gasteiger charge is 2.15. The van der Waals surface area contributed by atoms with Gasteiger partial charge in [0.2, 0.25) is 0 Å². The topological polar surface area (TPSA) is 29.0 Å². The zero-order chi connectivity index (χ0) is 13.0. The van der Waals surface area contributed by atoms with Crippen molar-refractivity contribution >= 4 is 21.7 Å². The summed E-state index contributed by atoms with van der Waals surface area (Å²) in [5.74, 6) is 0.934. The normalized spacial score (nSPS) is 10.7. The van der Waals surface area contributed by atoms with E-state index in [2.05, 4.69) is 68.9 Å².